The molecule has 0 aromatic heterocycles. The van der Waals surface area contributed by atoms with Gasteiger partial charge in [-0.1, -0.05) is 62.0 Å². The molecule has 2 rings (SSSR count). The third kappa shape index (κ3) is 8.05. The van der Waals surface area contributed by atoms with Crippen molar-refractivity contribution in [2.75, 3.05) is 42.6 Å². The summed E-state index contributed by atoms with van der Waals surface area (Å²) in [6.07, 6.45) is 2.37. The molecule has 0 amide bonds. The molecule has 1 aromatic rings. The Morgan fingerprint density at radius 1 is 0.933 bits per heavy atom. The lowest BCUT2D eigenvalue weighted by Crippen LogP contribution is -2.56. The summed E-state index contributed by atoms with van der Waals surface area (Å²) in [6.45, 7) is 20.0. The van der Waals surface area contributed by atoms with E-state index < -0.39 is 8.24 Å². The Morgan fingerprint density at radius 3 is 2.03 bits per heavy atom. The summed E-state index contributed by atoms with van der Waals surface area (Å²) in [4.78, 5) is 6.71. The van der Waals surface area contributed by atoms with Gasteiger partial charge in [-0.25, -0.2) is 0 Å². The molecule has 170 valence electrons. The highest BCUT2D eigenvalue weighted by atomic mass is 32.2. The predicted molar refractivity (Wildman–Crippen MR) is 145 cm³/mol. The van der Waals surface area contributed by atoms with Gasteiger partial charge in [0.05, 0.1) is 0 Å². The molecular weight excluding hydrogens is 421 g/mol. The molecule has 0 fully saturated rings. The lowest BCUT2D eigenvalue weighted by molar-refractivity contribution is 0.316. The van der Waals surface area contributed by atoms with Gasteiger partial charge in [0, 0.05) is 36.7 Å². The van der Waals surface area contributed by atoms with E-state index in [4.69, 9.17) is 0 Å². The molecule has 1 N–H and O–H groups in total. The number of benzene rings is 1. The fourth-order valence-corrected chi connectivity index (χ4v) is 9.48. The number of nitrogens with zero attached hydrogens (tertiary/aromatic N) is 1. The molecule has 0 saturated heterocycles. The van der Waals surface area contributed by atoms with Crippen molar-refractivity contribution >= 4 is 42.5 Å². The van der Waals surface area contributed by atoms with Crippen LogP contribution in [-0.4, -0.2) is 61.3 Å². The summed E-state index contributed by atoms with van der Waals surface area (Å²) in [5.74, 6) is 4.96. The van der Waals surface area contributed by atoms with E-state index in [2.05, 4.69) is 105 Å². The quantitative estimate of drug-likeness (QED) is 0.335. The van der Waals surface area contributed by atoms with E-state index in [0.29, 0.717) is 0 Å². The van der Waals surface area contributed by atoms with E-state index >= 15 is 0 Å². The highest BCUT2D eigenvalue weighted by molar-refractivity contribution is 7.99. The Labute approximate surface area is 195 Å². The summed E-state index contributed by atoms with van der Waals surface area (Å²) in [5, 5.41) is 4.74. The van der Waals surface area contributed by atoms with Gasteiger partial charge < -0.3 is 9.88 Å². The zero-order valence-electron chi connectivity index (χ0n) is 20.4. The van der Waals surface area contributed by atoms with Crippen LogP contribution in [0.3, 0.4) is 0 Å². The minimum Gasteiger partial charge on any atom is -0.329 e. The molecule has 0 radical (unpaired) electrons. The fraction of sp³-hybridized carbons (Fsp3) is 0.680. The van der Waals surface area contributed by atoms with Gasteiger partial charge in [0.15, 0.2) is 0 Å². The number of hydrogen-bond acceptors (Lipinski definition) is 4. The molecule has 0 atom stereocenters. The van der Waals surface area contributed by atoms with E-state index in [-0.39, 0.29) is 5.54 Å². The van der Waals surface area contributed by atoms with Crippen molar-refractivity contribution in [1.29, 1.82) is 0 Å². The number of nitrogens with one attached hydrogen (secondary N) is 1. The van der Waals surface area contributed by atoms with Crippen molar-refractivity contribution in [3.8, 4) is 0 Å². The van der Waals surface area contributed by atoms with Gasteiger partial charge in [-0.05, 0) is 55.6 Å². The third-order valence-electron chi connectivity index (χ3n) is 5.71. The van der Waals surface area contributed by atoms with Gasteiger partial charge in [0.2, 0.25) is 0 Å². The van der Waals surface area contributed by atoms with Gasteiger partial charge in [-0.3, -0.25) is 0 Å². The maximum Gasteiger partial charge on any atom is 0.148 e. The molecule has 1 aliphatic carbocycles. The van der Waals surface area contributed by atoms with Crippen molar-refractivity contribution in [3.63, 3.8) is 0 Å². The van der Waals surface area contributed by atoms with Gasteiger partial charge in [0.25, 0.3) is 0 Å². The summed E-state index contributed by atoms with van der Waals surface area (Å²) < 4.78 is 0. The van der Waals surface area contributed by atoms with Gasteiger partial charge in [0.1, 0.15) is 8.24 Å². The number of rotatable bonds is 13. The molecule has 30 heavy (non-hydrogen) atoms. The second kappa shape index (κ2) is 12.1. The van der Waals surface area contributed by atoms with Crippen LogP contribution in [0.1, 0.15) is 47.5 Å². The van der Waals surface area contributed by atoms with Crippen LogP contribution in [0.15, 0.2) is 24.3 Å². The standard InChI is InChI=1S/C25H44N2S2Si/c1-8-28-18-16-27(17-19-29-9-2)15-14-21-20-24(23-13-11-10-12-22(21)23)30(6,7)26-25(3,4)5/h10-13,26H,8-9,14-20H2,1-7H3. The Balaban J connectivity index is 2.17. The minimum absolute atomic E-state index is 0.158. The molecule has 0 bridgehead atoms. The van der Waals surface area contributed by atoms with Crippen LogP contribution in [-0.2, 0) is 0 Å². The fourth-order valence-electron chi connectivity index (χ4n) is 4.56. The topological polar surface area (TPSA) is 15.3 Å². The number of hydrogen-bond donors (Lipinski definition) is 1. The first-order chi connectivity index (χ1) is 14.2. The van der Waals surface area contributed by atoms with Crippen LogP contribution < -0.4 is 15.4 Å². The zero-order chi connectivity index (χ0) is 22.2. The van der Waals surface area contributed by atoms with E-state index in [1.165, 1.54) is 65.9 Å². The molecular formula is C25H44N2S2Si. The van der Waals surface area contributed by atoms with Crippen LogP contribution in [0.4, 0.5) is 0 Å². The van der Waals surface area contributed by atoms with Crippen LogP contribution in [0.5, 0.6) is 0 Å². The lowest BCUT2D eigenvalue weighted by atomic mass is 10.1. The van der Waals surface area contributed by atoms with Gasteiger partial charge in [-0.15, -0.1) is 0 Å². The summed E-state index contributed by atoms with van der Waals surface area (Å²) in [7, 11) is -1.68. The van der Waals surface area contributed by atoms with Crippen LogP contribution in [0.25, 0.3) is 10.8 Å². The average molecular weight is 465 g/mol. The minimum atomic E-state index is -1.68. The van der Waals surface area contributed by atoms with Crippen LogP contribution in [0.2, 0.25) is 13.1 Å². The SMILES string of the molecule is CCSCCN(CCSCC)CCC1=c2ccccc2=C([Si](C)(C)NC(C)(C)C)C1. The second-order valence-electron chi connectivity index (χ2n) is 9.79. The maximum absolute atomic E-state index is 4.01. The first-order valence-corrected chi connectivity index (χ1v) is 17.0. The highest BCUT2D eigenvalue weighted by Gasteiger charge is 2.33. The molecule has 2 nitrogen and oxygen atoms in total. The maximum atomic E-state index is 4.01. The Kier molecular flexibility index (Phi) is 10.5. The van der Waals surface area contributed by atoms with Crippen molar-refractivity contribution in [2.45, 2.75) is 66.1 Å². The highest BCUT2D eigenvalue weighted by Crippen LogP contribution is 2.27. The molecule has 0 saturated carbocycles. The molecule has 1 aliphatic rings. The molecule has 0 aliphatic heterocycles. The lowest BCUT2D eigenvalue weighted by Gasteiger charge is -2.35. The summed E-state index contributed by atoms with van der Waals surface area (Å²) in [5.41, 5.74) is 1.82. The van der Waals surface area contributed by atoms with Gasteiger partial charge in [-0.2, -0.15) is 23.5 Å². The Morgan fingerprint density at radius 2 is 1.50 bits per heavy atom. The van der Waals surface area contributed by atoms with Crippen molar-refractivity contribution in [1.82, 2.24) is 9.88 Å². The smallest absolute Gasteiger partial charge is 0.148 e. The summed E-state index contributed by atoms with van der Waals surface area (Å²) in [6, 6.07) is 9.17. The Bertz CT molecular complexity index is 773. The first-order valence-electron chi connectivity index (χ1n) is 11.7. The summed E-state index contributed by atoms with van der Waals surface area (Å²) >= 11 is 4.14. The largest absolute Gasteiger partial charge is 0.329 e. The molecule has 0 spiro atoms. The second-order valence-corrected chi connectivity index (χ2v) is 16.7. The molecule has 5 heteroatoms. The number of fused-ring (bicyclic) bond motifs is 1. The normalized spacial score (nSPS) is 14.7. The average Bonchev–Trinajstić information content (AvgIpc) is 3.04. The Hall–Kier alpha value is -0.203. The van der Waals surface area contributed by atoms with Crippen molar-refractivity contribution < 1.29 is 0 Å². The van der Waals surface area contributed by atoms with E-state index in [9.17, 15) is 0 Å². The first kappa shape index (κ1) is 26.1. The van der Waals surface area contributed by atoms with Gasteiger partial charge >= 0.3 is 0 Å². The molecule has 0 unspecified atom stereocenters. The predicted octanol–water partition coefficient (Wildman–Crippen LogP) is 4.72. The van der Waals surface area contributed by atoms with E-state index in [0.717, 1.165) is 0 Å². The van der Waals surface area contributed by atoms with Crippen LogP contribution >= 0.6 is 23.5 Å². The third-order valence-corrected chi connectivity index (χ3v) is 10.8. The van der Waals surface area contributed by atoms with Crippen molar-refractivity contribution in [2.24, 2.45) is 0 Å². The monoisotopic (exact) mass is 464 g/mol. The van der Waals surface area contributed by atoms with E-state index in [1.807, 2.05) is 0 Å². The zero-order valence-corrected chi connectivity index (χ0v) is 23.1. The number of thioether (sulfide) groups is 2. The van der Waals surface area contributed by atoms with Crippen LogP contribution in [0, 0.1) is 0 Å². The molecule has 0 heterocycles. The van der Waals surface area contributed by atoms with E-state index in [1.54, 1.807) is 10.8 Å². The molecule has 1 aromatic carbocycles. The van der Waals surface area contributed by atoms with Crippen molar-refractivity contribution in [3.05, 3.63) is 34.7 Å².